The molecule has 2 nitrogen and oxygen atoms in total. The molecular weight excluding hydrogens is 655 g/mol. The van der Waals surface area contributed by atoms with Crippen molar-refractivity contribution in [1.29, 1.82) is 0 Å². The maximum Gasteiger partial charge on any atom is 0.142 e. The number of furan rings is 1. The van der Waals surface area contributed by atoms with Crippen molar-refractivity contribution < 1.29 is 4.42 Å². The molecular formula is C52H35NO. The van der Waals surface area contributed by atoms with Gasteiger partial charge < -0.3 is 9.32 Å². The fourth-order valence-electron chi connectivity index (χ4n) is 7.59. The van der Waals surface area contributed by atoms with Gasteiger partial charge in [-0.15, -0.1) is 0 Å². The third kappa shape index (κ3) is 5.90. The zero-order valence-corrected chi connectivity index (χ0v) is 29.6. The summed E-state index contributed by atoms with van der Waals surface area (Å²) >= 11 is 0. The van der Waals surface area contributed by atoms with E-state index in [2.05, 4.69) is 217 Å². The molecule has 0 atom stereocenters. The highest BCUT2D eigenvalue weighted by Gasteiger charge is 2.15. The van der Waals surface area contributed by atoms with Crippen LogP contribution in [0.4, 0.5) is 17.1 Å². The summed E-state index contributed by atoms with van der Waals surface area (Å²) < 4.78 is 6.42. The first kappa shape index (κ1) is 31.6. The Morgan fingerprint density at radius 2 is 0.704 bits per heavy atom. The van der Waals surface area contributed by atoms with Crippen LogP contribution in [0.5, 0.6) is 0 Å². The normalized spacial score (nSPS) is 11.3. The number of hydrogen-bond donors (Lipinski definition) is 0. The molecule has 0 aliphatic rings. The van der Waals surface area contributed by atoms with Crippen LogP contribution in [0.15, 0.2) is 217 Å². The molecule has 10 rings (SSSR count). The van der Waals surface area contributed by atoms with Crippen LogP contribution in [0.2, 0.25) is 0 Å². The molecule has 0 bridgehead atoms. The molecule has 0 N–H and O–H groups in total. The van der Waals surface area contributed by atoms with Crippen LogP contribution in [0.3, 0.4) is 0 Å². The van der Waals surface area contributed by atoms with Gasteiger partial charge in [-0.25, -0.2) is 0 Å². The van der Waals surface area contributed by atoms with E-state index in [-0.39, 0.29) is 0 Å². The Labute approximate surface area is 314 Å². The second-order valence-electron chi connectivity index (χ2n) is 13.8. The molecule has 54 heavy (non-hydrogen) atoms. The van der Waals surface area contributed by atoms with Gasteiger partial charge in [0.15, 0.2) is 0 Å². The Morgan fingerprint density at radius 3 is 1.33 bits per heavy atom. The Kier molecular flexibility index (Phi) is 7.85. The van der Waals surface area contributed by atoms with E-state index in [4.69, 9.17) is 4.42 Å². The number of nitrogens with zero attached hydrogens (tertiary/aromatic N) is 1. The lowest BCUT2D eigenvalue weighted by Crippen LogP contribution is -2.09. The van der Waals surface area contributed by atoms with Crippen LogP contribution in [-0.4, -0.2) is 0 Å². The van der Waals surface area contributed by atoms with Crippen molar-refractivity contribution in [1.82, 2.24) is 0 Å². The number of fused-ring (bicyclic) bond motifs is 4. The number of rotatable bonds is 7. The Morgan fingerprint density at radius 1 is 0.278 bits per heavy atom. The van der Waals surface area contributed by atoms with Gasteiger partial charge in [0.2, 0.25) is 0 Å². The maximum atomic E-state index is 6.42. The first-order valence-electron chi connectivity index (χ1n) is 18.4. The predicted molar refractivity (Wildman–Crippen MR) is 228 cm³/mol. The average Bonchev–Trinajstić information content (AvgIpc) is 3.70. The molecule has 0 saturated heterocycles. The van der Waals surface area contributed by atoms with Crippen molar-refractivity contribution in [3.05, 3.63) is 212 Å². The van der Waals surface area contributed by atoms with E-state index in [0.29, 0.717) is 0 Å². The van der Waals surface area contributed by atoms with E-state index in [0.717, 1.165) is 55.9 Å². The van der Waals surface area contributed by atoms with Gasteiger partial charge in [0, 0.05) is 33.4 Å². The van der Waals surface area contributed by atoms with Crippen LogP contribution in [0.25, 0.3) is 77.2 Å². The highest BCUT2D eigenvalue weighted by molar-refractivity contribution is 6.05. The van der Waals surface area contributed by atoms with Crippen molar-refractivity contribution in [2.45, 2.75) is 0 Å². The quantitative estimate of drug-likeness (QED) is 0.166. The molecule has 0 spiro atoms. The van der Waals surface area contributed by atoms with Gasteiger partial charge in [-0.05, 0) is 98.1 Å². The van der Waals surface area contributed by atoms with Gasteiger partial charge in [-0.2, -0.15) is 0 Å². The molecule has 0 aliphatic heterocycles. The highest BCUT2D eigenvalue weighted by atomic mass is 16.3. The van der Waals surface area contributed by atoms with Crippen molar-refractivity contribution in [2.75, 3.05) is 4.90 Å². The van der Waals surface area contributed by atoms with Crippen LogP contribution < -0.4 is 4.90 Å². The third-order valence-electron chi connectivity index (χ3n) is 10.5. The van der Waals surface area contributed by atoms with E-state index in [9.17, 15) is 0 Å². The molecule has 1 heterocycles. The summed E-state index contributed by atoms with van der Waals surface area (Å²) in [6, 6.07) is 75.9. The van der Waals surface area contributed by atoms with E-state index < -0.39 is 0 Å². The van der Waals surface area contributed by atoms with Crippen LogP contribution in [0, 0.1) is 0 Å². The topological polar surface area (TPSA) is 16.4 Å². The lowest BCUT2D eigenvalue weighted by Gasteiger charge is -2.26. The largest absolute Gasteiger partial charge is 0.455 e. The van der Waals surface area contributed by atoms with Crippen LogP contribution in [0.1, 0.15) is 0 Å². The molecule has 2 heteroatoms. The second kappa shape index (κ2) is 13.4. The van der Waals surface area contributed by atoms with Crippen molar-refractivity contribution in [2.24, 2.45) is 0 Å². The number of anilines is 3. The van der Waals surface area contributed by atoms with Gasteiger partial charge in [0.25, 0.3) is 0 Å². The first-order chi connectivity index (χ1) is 26.7. The van der Waals surface area contributed by atoms with Gasteiger partial charge >= 0.3 is 0 Å². The summed E-state index contributed by atoms with van der Waals surface area (Å²) in [5.41, 5.74) is 12.4. The molecule has 10 aromatic rings. The third-order valence-corrected chi connectivity index (χ3v) is 10.5. The van der Waals surface area contributed by atoms with Gasteiger partial charge in [0.1, 0.15) is 11.3 Å². The van der Waals surface area contributed by atoms with Gasteiger partial charge in [-0.1, -0.05) is 164 Å². The maximum absolute atomic E-state index is 6.42. The lowest BCUT2D eigenvalue weighted by atomic mass is 10.0. The summed E-state index contributed by atoms with van der Waals surface area (Å²) in [6.07, 6.45) is 0. The predicted octanol–water partition coefficient (Wildman–Crippen LogP) is 14.9. The standard InChI is InChI=1S/C52H35NO/c1-2-8-36(9-3-1)39-22-28-47(29-23-39)53(49-32-26-41(27-33-49)45-20-16-37-10-4-5-12-44(37)34-45)48-30-24-40(25-31-48)38-14-18-43(19-15-38)51-35-46-21-17-42-11-6-7-13-50(42)52(46)54-51/h1-35H. The van der Waals surface area contributed by atoms with E-state index in [1.54, 1.807) is 0 Å². The molecule has 0 radical (unpaired) electrons. The summed E-state index contributed by atoms with van der Waals surface area (Å²) in [5.74, 6) is 0.879. The van der Waals surface area contributed by atoms with Crippen molar-refractivity contribution in [3.8, 4) is 44.7 Å². The van der Waals surface area contributed by atoms with E-state index >= 15 is 0 Å². The Bertz CT molecular complexity index is 2890. The Hall–Kier alpha value is -7.16. The highest BCUT2D eigenvalue weighted by Crippen LogP contribution is 2.39. The molecule has 0 fully saturated rings. The molecule has 9 aromatic carbocycles. The van der Waals surface area contributed by atoms with Crippen molar-refractivity contribution in [3.63, 3.8) is 0 Å². The summed E-state index contributed by atoms with van der Waals surface area (Å²) in [6.45, 7) is 0. The molecule has 1 aromatic heterocycles. The first-order valence-corrected chi connectivity index (χ1v) is 18.4. The lowest BCUT2D eigenvalue weighted by molar-refractivity contribution is 0.635. The smallest absolute Gasteiger partial charge is 0.142 e. The summed E-state index contributed by atoms with van der Waals surface area (Å²) in [5, 5.41) is 5.94. The summed E-state index contributed by atoms with van der Waals surface area (Å²) in [4.78, 5) is 2.33. The minimum absolute atomic E-state index is 0.879. The van der Waals surface area contributed by atoms with Crippen LogP contribution in [-0.2, 0) is 0 Å². The SMILES string of the molecule is c1ccc(-c2ccc(N(c3ccc(-c4ccc(-c5cc6ccc7ccccc7c6o5)cc4)cc3)c3ccc(-c4ccc5ccccc5c4)cc3)cc2)cc1. The fourth-order valence-corrected chi connectivity index (χ4v) is 7.59. The second-order valence-corrected chi connectivity index (χ2v) is 13.8. The summed E-state index contributed by atoms with van der Waals surface area (Å²) in [7, 11) is 0. The molecule has 0 unspecified atom stereocenters. The number of hydrogen-bond acceptors (Lipinski definition) is 2. The average molecular weight is 690 g/mol. The molecule has 0 aliphatic carbocycles. The van der Waals surface area contributed by atoms with E-state index in [1.165, 1.54) is 38.4 Å². The molecule has 0 amide bonds. The zero-order chi connectivity index (χ0) is 35.8. The van der Waals surface area contributed by atoms with Crippen molar-refractivity contribution >= 4 is 49.6 Å². The number of benzene rings is 9. The minimum Gasteiger partial charge on any atom is -0.455 e. The fraction of sp³-hybridized carbons (Fsp3) is 0. The molecule has 0 saturated carbocycles. The van der Waals surface area contributed by atoms with E-state index in [1.807, 2.05) is 0 Å². The Balaban J connectivity index is 0.964. The van der Waals surface area contributed by atoms with Crippen LogP contribution >= 0.6 is 0 Å². The molecule has 254 valence electrons. The monoisotopic (exact) mass is 689 g/mol. The zero-order valence-electron chi connectivity index (χ0n) is 29.6. The minimum atomic E-state index is 0.879. The van der Waals surface area contributed by atoms with Gasteiger partial charge in [0.05, 0.1) is 0 Å². The van der Waals surface area contributed by atoms with Gasteiger partial charge in [-0.3, -0.25) is 0 Å².